The minimum absolute atomic E-state index is 0.222. The van der Waals surface area contributed by atoms with Gasteiger partial charge in [-0.3, -0.25) is 23.7 Å². The molecule has 0 spiro atoms. The molecule has 7 nitrogen and oxygen atoms in total. The predicted octanol–water partition coefficient (Wildman–Crippen LogP) is 2.74. The monoisotopic (exact) mass is 370 g/mol. The lowest BCUT2D eigenvalue weighted by molar-refractivity contribution is -0.122. The van der Waals surface area contributed by atoms with Crippen LogP contribution in [-0.2, 0) is 4.79 Å². The number of carbonyl (C=O) groups is 2. The Kier molecular flexibility index (Phi) is 5.22. The Morgan fingerprint density at radius 2 is 2.12 bits per heavy atom. The van der Waals surface area contributed by atoms with Gasteiger partial charge in [-0.25, -0.2) is 4.98 Å². The summed E-state index contributed by atoms with van der Waals surface area (Å²) in [6, 6.07) is 5.24. The first kappa shape index (κ1) is 17.9. The highest BCUT2D eigenvalue weighted by Crippen LogP contribution is 2.32. The van der Waals surface area contributed by atoms with Gasteiger partial charge in [-0.05, 0) is 36.4 Å². The summed E-state index contributed by atoms with van der Waals surface area (Å²) in [5.41, 5.74) is 0.405. The molecule has 134 valence electrons. The summed E-state index contributed by atoms with van der Waals surface area (Å²) in [5.74, 6) is -0.0301. The van der Waals surface area contributed by atoms with E-state index in [1.54, 1.807) is 30.5 Å². The number of hydrogen-bond acceptors (Lipinski definition) is 6. The zero-order valence-corrected chi connectivity index (χ0v) is 15.1. The molecule has 1 saturated heterocycles. The van der Waals surface area contributed by atoms with E-state index in [4.69, 9.17) is 0 Å². The zero-order chi connectivity index (χ0) is 18.7. The molecule has 2 aromatic heterocycles. The van der Waals surface area contributed by atoms with Crippen LogP contribution in [0.5, 0.6) is 0 Å². The molecule has 2 amide bonds. The molecule has 0 aromatic carbocycles. The molecular formula is C18H18N4O3S. The summed E-state index contributed by atoms with van der Waals surface area (Å²) < 4.78 is 1.40. The van der Waals surface area contributed by atoms with Crippen LogP contribution in [0.3, 0.4) is 0 Å². The van der Waals surface area contributed by atoms with Crippen LogP contribution in [0.15, 0.2) is 46.8 Å². The SMILES string of the molecule is C=CCNc1nc2ccccn2c(=O)c1C=C1SC(=O)N(CCC)C1=O. The summed E-state index contributed by atoms with van der Waals surface area (Å²) in [4.78, 5) is 43.2. The molecule has 3 rings (SSSR count). The van der Waals surface area contributed by atoms with Crippen molar-refractivity contribution >= 4 is 40.4 Å². The maximum atomic E-state index is 12.9. The van der Waals surface area contributed by atoms with Crippen molar-refractivity contribution in [3.8, 4) is 0 Å². The van der Waals surface area contributed by atoms with Gasteiger partial charge >= 0.3 is 0 Å². The fourth-order valence-corrected chi connectivity index (χ4v) is 3.43. The lowest BCUT2D eigenvalue weighted by Gasteiger charge is -2.10. The normalized spacial score (nSPS) is 15.9. The average Bonchev–Trinajstić information content (AvgIpc) is 2.90. The van der Waals surface area contributed by atoms with Gasteiger partial charge in [0.25, 0.3) is 16.7 Å². The Morgan fingerprint density at radius 3 is 2.85 bits per heavy atom. The lowest BCUT2D eigenvalue weighted by atomic mass is 10.2. The van der Waals surface area contributed by atoms with Gasteiger partial charge in [0.1, 0.15) is 11.5 Å². The number of thioether (sulfide) groups is 1. The fourth-order valence-electron chi connectivity index (χ4n) is 2.58. The van der Waals surface area contributed by atoms with Crippen LogP contribution in [0, 0.1) is 0 Å². The number of nitrogens with zero attached hydrogens (tertiary/aromatic N) is 3. The quantitative estimate of drug-likeness (QED) is 0.622. The smallest absolute Gasteiger partial charge is 0.293 e. The van der Waals surface area contributed by atoms with Crippen molar-refractivity contribution < 1.29 is 9.59 Å². The lowest BCUT2D eigenvalue weighted by Crippen LogP contribution is -2.28. The first-order valence-corrected chi connectivity index (χ1v) is 9.00. The second-order valence-electron chi connectivity index (χ2n) is 5.61. The maximum Gasteiger partial charge on any atom is 0.293 e. The number of rotatable bonds is 6. The van der Waals surface area contributed by atoms with Crippen LogP contribution in [0.25, 0.3) is 11.7 Å². The summed E-state index contributed by atoms with van der Waals surface area (Å²) in [6.45, 7) is 6.31. The molecule has 1 fully saturated rings. The molecule has 8 heteroatoms. The van der Waals surface area contributed by atoms with E-state index >= 15 is 0 Å². The Hall–Kier alpha value is -2.87. The second-order valence-corrected chi connectivity index (χ2v) is 6.60. The van der Waals surface area contributed by atoms with Crippen LogP contribution < -0.4 is 10.9 Å². The molecule has 26 heavy (non-hydrogen) atoms. The fraction of sp³-hybridized carbons (Fsp3) is 0.222. The molecule has 0 radical (unpaired) electrons. The van der Waals surface area contributed by atoms with Gasteiger partial charge in [0.15, 0.2) is 0 Å². The third kappa shape index (κ3) is 3.28. The van der Waals surface area contributed by atoms with Crippen molar-refractivity contribution in [2.24, 2.45) is 0 Å². The van der Waals surface area contributed by atoms with E-state index in [2.05, 4.69) is 16.9 Å². The third-order valence-corrected chi connectivity index (χ3v) is 4.69. The van der Waals surface area contributed by atoms with Crippen molar-refractivity contribution in [2.75, 3.05) is 18.4 Å². The molecule has 1 aliphatic heterocycles. The van der Waals surface area contributed by atoms with E-state index in [0.717, 1.165) is 11.8 Å². The molecular weight excluding hydrogens is 352 g/mol. The molecule has 0 aliphatic carbocycles. The number of pyridine rings is 1. The maximum absolute atomic E-state index is 12.9. The second kappa shape index (κ2) is 7.57. The van der Waals surface area contributed by atoms with Crippen LogP contribution in [0.2, 0.25) is 0 Å². The van der Waals surface area contributed by atoms with Gasteiger partial charge in [-0.2, -0.15) is 0 Å². The van der Waals surface area contributed by atoms with Crippen LogP contribution in [-0.4, -0.2) is 38.5 Å². The van der Waals surface area contributed by atoms with Crippen molar-refractivity contribution in [3.63, 3.8) is 0 Å². The number of anilines is 1. The highest BCUT2D eigenvalue weighted by Gasteiger charge is 2.34. The summed E-state index contributed by atoms with van der Waals surface area (Å²) in [5, 5.41) is 2.70. The summed E-state index contributed by atoms with van der Waals surface area (Å²) >= 11 is 0.838. The Morgan fingerprint density at radius 1 is 1.31 bits per heavy atom. The minimum Gasteiger partial charge on any atom is -0.366 e. The van der Waals surface area contributed by atoms with Crippen molar-refractivity contribution in [1.82, 2.24) is 14.3 Å². The molecule has 0 atom stereocenters. The number of imide groups is 1. The first-order valence-electron chi connectivity index (χ1n) is 8.18. The summed E-state index contributed by atoms with van der Waals surface area (Å²) in [6.07, 6.45) is 5.38. The van der Waals surface area contributed by atoms with Gasteiger partial charge < -0.3 is 5.32 Å². The Balaban J connectivity index is 2.13. The number of nitrogens with one attached hydrogen (secondary N) is 1. The highest BCUT2D eigenvalue weighted by molar-refractivity contribution is 8.18. The van der Waals surface area contributed by atoms with Crippen LogP contribution in [0.4, 0.5) is 10.6 Å². The van der Waals surface area contributed by atoms with Gasteiger partial charge in [0, 0.05) is 19.3 Å². The third-order valence-electron chi connectivity index (χ3n) is 3.78. The molecule has 1 aliphatic rings. The van der Waals surface area contributed by atoms with Crippen LogP contribution in [0.1, 0.15) is 18.9 Å². The standard InChI is InChI=1S/C18H18N4O3S/c1-3-8-19-15-12(16(23)21-10-6-5-7-14(21)20-15)11-13-17(24)22(9-4-2)18(25)26-13/h3,5-7,10-11,19H,1,4,8-9H2,2H3. The number of fused-ring (bicyclic) bond motifs is 1. The van der Waals surface area contributed by atoms with Gasteiger partial charge in [-0.15, -0.1) is 6.58 Å². The molecule has 2 aromatic rings. The van der Waals surface area contributed by atoms with E-state index in [0.29, 0.717) is 31.0 Å². The Labute approximate surface area is 154 Å². The molecule has 0 unspecified atom stereocenters. The molecule has 0 saturated carbocycles. The topological polar surface area (TPSA) is 83.8 Å². The minimum atomic E-state index is -0.380. The molecule has 3 heterocycles. The van der Waals surface area contributed by atoms with Crippen molar-refractivity contribution in [2.45, 2.75) is 13.3 Å². The van der Waals surface area contributed by atoms with Crippen molar-refractivity contribution in [3.05, 3.63) is 57.9 Å². The van der Waals surface area contributed by atoms with Crippen molar-refractivity contribution in [1.29, 1.82) is 0 Å². The highest BCUT2D eigenvalue weighted by atomic mass is 32.2. The first-order chi connectivity index (χ1) is 12.6. The van der Waals surface area contributed by atoms with E-state index < -0.39 is 0 Å². The summed E-state index contributed by atoms with van der Waals surface area (Å²) in [7, 11) is 0. The number of amides is 2. The van der Waals surface area contributed by atoms with E-state index in [9.17, 15) is 14.4 Å². The number of carbonyl (C=O) groups excluding carboxylic acids is 2. The number of aromatic nitrogens is 2. The largest absolute Gasteiger partial charge is 0.366 e. The number of hydrogen-bond donors (Lipinski definition) is 1. The predicted molar refractivity (Wildman–Crippen MR) is 103 cm³/mol. The molecule has 0 bridgehead atoms. The van der Waals surface area contributed by atoms with E-state index in [1.165, 1.54) is 15.4 Å². The average molecular weight is 370 g/mol. The molecule has 1 N–H and O–H groups in total. The van der Waals surface area contributed by atoms with Gasteiger partial charge in [0.2, 0.25) is 0 Å². The van der Waals surface area contributed by atoms with Crippen LogP contribution >= 0.6 is 11.8 Å². The van der Waals surface area contributed by atoms with Gasteiger partial charge in [-0.1, -0.05) is 19.1 Å². The van der Waals surface area contributed by atoms with Gasteiger partial charge in [0.05, 0.1) is 10.5 Å². The Bertz CT molecular complexity index is 980. The van der Waals surface area contributed by atoms with E-state index in [1.807, 2.05) is 6.92 Å². The zero-order valence-electron chi connectivity index (χ0n) is 14.3. The van der Waals surface area contributed by atoms with E-state index in [-0.39, 0.29) is 27.2 Å².